The van der Waals surface area contributed by atoms with Gasteiger partial charge in [-0.1, -0.05) is 36.4 Å². The molecule has 2 rings (SSSR count). The van der Waals surface area contributed by atoms with Crippen LogP contribution in [-0.4, -0.2) is 23.1 Å². The summed E-state index contributed by atoms with van der Waals surface area (Å²) in [7, 11) is 0. The van der Waals surface area contributed by atoms with Crippen molar-refractivity contribution >= 4 is 11.4 Å². The Morgan fingerprint density at radius 2 is 1.12 bits per heavy atom. The van der Waals surface area contributed by atoms with Crippen LogP contribution in [0.15, 0.2) is 72.8 Å². The van der Waals surface area contributed by atoms with Crippen LogP contribution in [0.25, 0.3) is 11.4 Å². The topological polar surface area (TPSA) is 95.5 Å². The Balaban J connectivity index is 2.01. The first kappa shape index (κ1) is 18.0. The molecule has 0 bridgehead atoms. The minimum atomic E-state index is -0.485. The van der Waals surface area contributed by atoms with Crippen LogP contribution < -0.4 is 0 Å². The first-order valence-corrected chi connectivity index (χ1v) is 7.47. The maximum Gasteiger partial charge on any atom is 0.274 e. The van der Waals surface area contributed by atoms with E-state index in [0.717, 1.165) is 0 Å². The van der Waals surface area contributed by atoms with Crippen molar-refractivity contribution in [1.82, 2.24) is 0 Å². The van der Waals surface area contributed by atoms with Gasteiger partial charge >= 0.3 is 0 Å². The van der Waals surface area contributed by atoms with Crippen LogP contribution in [0.5, 0.6) is 0 Å². The molecule has 7 nitrogen and oxygen atoms in total. The molecule has 0 aromatic heterocycles. The third-order valence-electron chi connectivity index (χ3n) is 3.32. The fraction of sp³-hybridized carbons (Fsp3) is 0.111. The monoisotopic (exact) mass is 340 g/mol. The van der Waals surface area contributed by atoms with E-state index in [9.17, 15) is 20.2 Å². The van der Waals surface area contributed by atoms with Crippen LogP contribution in [0.3, 0.4) is 0 Å². The zero-order chi connectivity index (χ0) is 18.1. The summed E-state index contributed by atoms with van der Waals surface area (Å²) in [6.45, 7) is -0.0526. The fourth-order valence-corrected chi connectivity index (χ4v) is 2.16. The molecule has 0 aliphatic carbocycles. The van der Waals surface area contributed by atoms with Gasteiger partial charge < -0.3 is 4.74 Å². The lowest BCUT2D eigenvalue weighted by molar-refractivity contribution is -0.375. The molecular formula is C18H16N2O5. The Bertz CT molecular complexity index is 718. The van der Waals surface area contributed by atoms with Crippen LogP contribution in [0.4, 0.5) is 0 Å². The van der Waals surface area contributed by atoms with Crippen molar-refractivity contribution < 1.29 is 14.6 Å². The molecule has 0 amide bonds. The van der Waals surface area contributed by atoms with Crippen molar-refractivity contribution in [3.8, 4) is 0 Å². The highest BCUT2D eigenvalue weighted by Gasteiger charge is 2.14. The van der Waals surface area contributed by atoms with Crippen LogP contribution in [0.1, 0.15) is 11.1 Å². The molecule has 7 heteroatoms. The third-order valence-corrected chi connectivity index (χ3v) is 3.32. The highest BCUT2D eigenvalue weighted by molar-refractivity contribution is 5.59. The van der Waals surface area contributed by atoms with Gasteiger partial charge in [0.2, 0.25) is 0 Å². The lowest BCUT2D eigenvalue weighted by Gasteiger charge is -2.01. The van der Waals surface area contributed by atoms with E-state index in [1.54, 1.807) is 60.7 Å². The van der Waals surface area contributed by atoms with E-state index in [1.807, 2.05) is 0 Å². The van der Waals surface area contributed by atoms with Gasteiger partial charge in [0.05, 0.1) is 34.2 Å². The van der Waals surface area contributed by atoms with Crippen molar-refractivity contribution in [2.45, 2.75) is 0 Å². The number of nitro groups is 2. The van der Waals surface area contributed by atoms with Gasteiger partial charge in [0.1, 0.15) is 0 Å². The van der Waals surface area contributed by atoms with Crippen molar-refractivity contribution in [2.75, 3.05) is 13.2 Å². The third kappa shape index (κ3) is 5.36. The number of ether oxygens (including phenoxy) is 1. The van der Waals surface area contributed by atoms with E-state index in [1.165, 1.54) is 12.2 Å². The molecule has 0 aliphatic rings. The summed E-state index contributed by atoms with van der Waals surface area (Å²) < 4.78 is 5.28. The Kier molecular flexibility index (Phi) is 6.56. The average Bonchev–Trinajstić information content (AvgIpc) is 2.62. The number of nitrogens with zero attached hydrogens (tertiary/aromatic N) is 2. The Morgan fingerprint density at radius 3 is 1.44 bits per heavy atom. The highest BCUT2D eigenvalue weighted by Crippen LogP contribution is 2.15. The summed E-state index contributed by atoms with van der Waals surface area (Å²) in [5, 5.41) is 22.3. The molecule has 0 saturated carbocycles. The maximum atomic E-state index is 11.1. The van der Waals surface area contributed by atoms with E-state index in [4.69, 9.17) is 4.74 Å². The molecule has 128 valence electrons. The van der Waals surface area contributed by atoms with Gasteiger partial charge in [0.15, 0.2) is 0 Å². The van der Waals surface area contributed by atoms with E-state index >= 15 is 0 Å². The first-order valence-electron chi connectivity index (χ1n) is 7.47. The van der Waals surface area contributed by atoms with E-state index in [2.05, 4.69) is 0 Å². The van der Waals surface area contributed by atoms with Gasteiger partial charge in [-0.3, -0.25) is 20.2 Å². The number of benzene rings is 2. The summed E-state index contributed by atoms with van der Waals surface area (Å²) in [5.41, 5.74) is 0.813. The molecule has 0 aliphatic heterocycles. The average molecular weight is 340 g/mol. The van der Waals surface area contributed by atoms with Crippen LogP contribution in [0, 0.1) is 20.2 Å². The second-order valence-corrected chi connectivity index (χ2v) is 4.96. The lowest BCUT2D eigenvalue weighted by atomic mass is 10.1. The molecule has 25 heavy (non-hydrogen) atoms. The Morgan fingerprint density at radius 1 is 0.760 bits per heavy atom. The predicted molar refractivity (Wildman–Crippen MR) is 93.6 cm³/mol. The van der Waals surface area contributed by atoms with Crippen molar-refractivity contribution in [3.63, 3.8) is 0 Å². The van der Waals surface area contributed by atoms with E-state index < -0.39 is 9.85 Å². The molecule has 0 N–H and O–H groups in total. The SMILES string of the molecule is O=[N+]([O-])C(=CCOCC=C(c1ccccc1)[N+](=O)[O-])c1ccccc1. The molecule has 0 atom stereocenters. The predicted octanol–water partition coefficient (Wildman–Crippen LogP) is 3.64. The summed E-state index contributed by atoms with van der Waals surface area (Å²) in [6, 6.07) is 16.9. The van der Waals surface area contributed by atoms with Crippen LogP contribution in [0.2, 0.25) is 0 Å². The summed E-state index contributed by atoms with van der Waals surface area (Å²) in [6.07, 6.45) is 2.69. The number of hydrogen-bond acceptors (Lipinski definition) is 5. The number of rotatable bonds is 8. The second-order valence-electron chi connectivity index (χ2n) is 4.96. The van der Waals surface area contributed by atoms with Crippen LogP contribution >= 0.6 is 0 Å². The van der Waals surface area contributed by atoms with Gasteiger partial charge in [0, 0.05) is 12.2 Å². The second kappa shape index (κ2) is 9.09. The maximum absolute atomic E-state index is 11.1. The number of hydrogen-bond donors (Lipinski definition) is 0. The molecule has 0 radical (unpaired) electrons. The lowest BCUT2D eigenvalue weighted by Crippen LogP contribution is -2.03. The molecule has 0 saturated heterocycles. The highest BCUT2D eigenvalue weighted by atomic mass is 16.6. The fourth-order valence-electron chi connectivity index (χ4n) is 2.16. The minimum Gasteiger partial charge on any atom is -0.373 e. The first-order chi connectivity index (χ1) is 12.1. The largest absolute Gasteiger partial charge is 0.373 e. The van der Waals surface area contributed by atoms with Gasteiger partial charge in [0.25, 0.3) is 11.4 Å². The molecule has 0 spiro atoms. The normalized spacial score (nSPS) is 12.0. The van der Waals surface area contributed by atoms with Gasteiger partial charge in [-0.05, 0) is 24.3 Å². The van der Waals surface area contributed by atoms with E-state index in [0.29, 0.717) is 11.1 Å². The molecular weight excluding hydrogens is 324 g/mol. The van der Waals surface area contributed by atoms with Crippen molar-refractivity contribution in [2.24, 2.45) is 0 Å². The molecule has 0 unspecified atom stereocenters. The summed E-state index contributed by atoms with van der Waals surface area (Å²) >= 11 is 0. The minimum absolute atomic E-state index is 0.0263. The molecule has 0 heterocycles. The van der Waals surface area contributed by atoms with Gasteiger partial charge in [-0.25, -0.2) is 0 Å². The van der Waals surface area contributed by atoms with Gasteiger partial charge in [-0.15, -0.1) is 0 Å². The zero-order valence-electron chi connectivity index (χ0n) is 13.3. The summed E-state index contributed by atoms with van der Waals surface area (Å²) in [4.78, 5) is 21.3. The molecule has 0 fully saturated rings. The Hall–Kier alpha value is -3.32. The smallest absolute Gasteiger partial charge is 0.274 e. The van der Waals surface area contributed by atoms with Crippen LogP contribution in [-0.2, 0) is 4.74 Å². The zero-order valence-corrected chi connectivity index (χ0v) is 13.3. The molecule has 2 aromatic rings. The Labute approximate surface area is 144 Å². The van der Waals surface area contributed by atoms with Gasteiger partial charge in [-0.2, -0.15) is 0 Å². The molecule has 2 aromatic carbocycles. The quantitative estimate of drug-likeness (QED) is 0.415. The standard InChI is InChI=1S/C18H16N2O5/c21-19(22)17(15-7-3-1-4-8-15)11-13-25-14-12-18(20(23)24)16-9-5-2-6-10-16/h1-12H,13-14H2. The van der Waals surface area contributed by atoms with Crippen molar-refractivity contribution in [3.05, 3.63) is 104 Å². The van der Waals surface area contributed by atoms with E-state index in [-0.39, 0.29) is 24.6 Å². The summed E-state index contributed by atoms with van der Waals surface area (Å²) in [5.74, 6) is 0. The van der Waals surface area contributed by atoms with Crippen molar-refractivity contribution in [1.29, 1.82) is 0 Å².